The van der Waals surface area contributed by atoms with Gasteiger partial charge in [0.25, 0.3) is 0 Å². The smallest absolute Gasteiger partial charge is 0.247 e. The van der Waals surface area contributed by atoms with Crippen LogP contribution in [-0.4, -0.2) is 119 Å². The van der Waals surface area contributed by atoms with Crippen LogP contribution in [0.25, 0.3) is 0 Å². The first-order valence-corrected chi connectivity index (χ1v) is 15.4. The van der Waals surface area contributed by atoms with Crippen molar-refractivity contribution < 1.29 is 24.2 Å². The Bertz CT molecular complexity index is 1160. The van der Waals surface area contributed by atoms with Crippen molar-refractivity contribution in [3.05, 3.63) is 55.6 Å². The maximum absolute atomic E-state index is 14.4. The number of aliphatic hydroxyl groups is 1. The molecule has 2 bridgehead atoms. The fraction of sp³-hybridized carbons (Fsp3) is 0.581. The summed E-state index contributed by atoms with van der Waals surface area (Å²) >= 11 is 1.65. The van der Waals surface area contributed by atoms with E-state index in [-0.39, 0.29) is 30.9 Å². The Kier molecular flexibility index (Phi) is 8.94. The number of aliphatic hydroxyl groups excluding tert-OH is 1. The minimum Gasteiger partial charge on any atom is -0.395 e. The van der Waals surface area contributed by atoms with Gasteiger partial charge in [-0.05, 0) is 31.9 Å². The van der Waals surface area contributed by atoms with Crippen molar-refractivity contribution in [2.45, 2.75) is 35.3 Å². The van der Waals surface area contributed by atoms with Crippen LogP contribution in [0.3, 0.4) is 0 Å². The highest BCUT2D eigenvalue weighted by Crippen LogP contribution is 2.71. The number of β-amino-alcohol motifs (C(OH)–C–C–N with tert-alkyl or cyclic N) is 1. The average Bonchev–Trinajstić information content (AvgIpc) is 3.55. The van der Waals surface area contributed by atoms with Crippen molar-refractivity contribution in [3.63, 3.8) is 0 Å². The van der Waals surface area contributed by atoms with Gasteiger partial charge >= 0.3 is 0 Å². The van der Waals surface area contributed by atoms with Crippen LogP contribution < -0.4 is 4.90 Å². The van der Waals surface area contributed by atoms with Crippen molar-refractivity contribution >= 4 is 35.2 Å². The van der Waals surface area contributed by atoms with Gasteiger partial charge in [-0.2, -0.15) is 0 Å². The summed E-state index contributed by atoms with van der Waals surface area (Å²) in [4.78, 5) is 50.4. The highest BCUT2D eigenvalue weighted by atomic mass is 32.2. The Balaban J connectivity index is 1.47. The van der Waals surface area contributed by atoms with Gasteiger partial charge in [0.05, 0.1) is 36.4 Å². The van der Waals surface area contributed by atoms with E-state index in [2.05, 4.69) is 25.0 Å². The van der Waals surface area contributed by atoms with E-state index < -0.39 is 27.4 Å². The number of para-hydroxylation sites is 1. The molecule has 0 aliphatic carbocycles. The molecule has 0 radical (unpaired) electrons. The number of carbonyl (C=O) groups excluding carboxylic acids is 3. The number of benzene rings is 1. The van der Waals surface area contributed by atoms with E-state index in [1.807, 2.05) is 30.3 Å². The number of likely N-dealkylation sites (tertiary alicyclic amines) is 1. The largest absolute Gasteiger partial charge is 0.395 e. The SMILES string of the molecule is C=CCN(CCN1CCOCC1)C(=O)C1N(CCO)C(=O)[C@@H]2[C@H](C(=O)N(CC=C)c3ccccc3)[C@]3(C)CCC12S3. The molecule has 4 saturated heterocycles. The summed E-state index contributed by atoms with van der Waals surface area (Å²) in [6.07, 6.45) is 4.83. The molecule has 4 fully saturated rings. The van der Waals surface area contributed by atoms with Crippen LogP contribution in [-0.2, 0) is 19.1 Å². The van der Waals surface area contributed by atoms with E-state index in [1.165, 1.54) is 0 Å². The summed E-state index contributed by atoms with van der Waals surface area (Å²) in [6.45, 7) is 14.6. The van der Waals surface area contributed by atoms with E-state index in [1.54, 1.807) is 38.6 Å². The minimum atomic E-state index is -0.744. The Morgan fingerprint density at radius 1 is 1.10 bits per heavy atom. The standard InChI is InChI=1S/C31H42N4O5S/c1-4-13-33(16-15-32-18-21-40-22-19-32)29(39)26-31-12-11-30(3,41-31)24(25(31)28(38)35(26)17-20-36)27(37)34(14-5-2)23-9-7-6-8-10-23/h4-10,24-26,36H,1-2,11-22H2,3H3/t24-,25+,26?,30+,31?/m1/s1. The van der Waals surface area contributed by atoms with Gasteiger partial charge in [0.2, 0.25) is 17.7 Å². The number of anilines is 1. The monoisotopic (exact) mass is 582 g/mol. The number of carbonyl (C=O) groups is 3. The second-order valence-electron chi connectivity index (χ2n) is 11.6. The highest BCUT2D eigenvalue weighted by molar-refractivity contribution is 8.02. The number of hydrogen-bond acceptors (Lipinski definition) is 7. The molecule has 4 aliphatic heterocycles. The van der Waals surface area contributed by atoms with Crippen LogP contribution in [0.15, 0.2) is 55.6 Å². The number of amides is 3. The zero-order valence-electron chi connectivity index (χ0n) is 24.0. The van der Waals surface area contributed by atoms with E-state index in [9.17, 15) is 19.5 Å². The molecule has 41 heavy (non-hydrogen) atoms. The van der Waals surface area contributed by atoms with Crippen LogP contribution in [0.5, 0.6) is 0 Å². The third-order valence-electron chi connectivity index (χ3n) is 9.21. The highest BCUT2D eigenvalue weighted by Gasteiger charge is 2.77. The van der Waals surface area contributed by atoms with E-state index in [0.717, 1.165) is 25.2 Å². The van der Waals surface area contributed by atoms with Gasteiger partial charge < -0.3 is 24.5 Å². The molecule has 1 aromatic rings. The summed E-state index contributed by atoms with van der Waals surface area (Å²) in [5, 5.41) is 9.98. The Labute approximate surface area is 247 Å². The summed E-state index contributed by atoms with van der Waals surface area (Å²) in [7, 11) is 0. The lowest BCUT2D eigenvalue weighted by atomic mass is 9.66. The molecule has 5 atom stereocenters. The van der Waals surface area contributed by atoms with Gasteiger partial charge in [-0.3, -0.25) is 19.3 Å². The topological polar surface area (TPSA) is 93.6 Å². The summed E-state index contributed by atoms with van der Waals surface area (Å²) in [6, 6.07) is 8.72. The van der Waals surface area contributed by atoms with Crippen LogP contribution in [0.4, 0.5) is 5.69 Å². The van der Waals surface area contributed by atoms with Gasteiger partial charge in [0, 0.05) is 56.2 Å². The van der Waals surface area contributed by atoms with Gasteiger partial charge in [0.1, 0.15) is 6.04 Å². The lowest BCUT2D eigenvalue weighted by Crippen LogP contribution is -2.56. The lowest BCUT2D eigenvalue weighted by molar-refractivity contribution is -0.143. The molecular weight excluding hydrogens is 540 g/mol. The number of thioether (sulfide) groups is 1. The van der Waals surface area contributed by atoms with Gasteiger partial charge in [0.15, 0.2) is 0 Å². The van der Waals surface area contributed by atoms with Crippen molar-refractivity contribution in [2.75, 3.05) is 70.5 Å². The second kappa shape index (κ2) is 12.3. The van der Waals surface area contributed by atoms with Crippen LogP contribution in [0, 0.1) is 11.8 Å². The fourth-order valence-electron chi connectivity index (χ4n) is 7.36. The minimum absolute atomic E-state index is 0.0616. The number of ether oxygens (including phenoxy) is 1. The molecule has 3 amide bonds. The summed E-state index contributed by atoms with van der Waals surface area (Å²) in [5.74, 6) is -1.67. The zero-order chi connectivity index (χ0) is 29.2. The van der Waals surface area contributed by atoms with Crippen molar-refractivity contribution in [3.8, 4) is 0 Å². The predicted molar refractivity (Wildman–Crippen MR) is 161 cm³/mol. The van der Waals surface area contributed by atoms with E-state index in [0.29, 0.717) is 45.8 Å². The maximum Gasteiger partial charge on any atom is 0.247 e. The van der Waals surface area contributed by atoms with Crippen molar-refractivity contribution in [1.82, 2.24) is 14.7 Å². The number of hydrogen-bond donors (Lipinski definition) is 1. The molecule has 222 valence electrons. The van der Waals surface area contributed by atoms with Crippen LogP contribution in [0.2, 0.25) is 0 Å². The number of morpholine rings is 1. The first-order valence-electron chi connectivity index (χ1n) is 14.6. The van der Waals surface area contributed by atoms with Gasteiger partial charge in [-0.25, -0.2) is 0 Å². The van der Waals surface area contributed by atoms with E-state index >= 15 is 0 Å². The second-order valence-corrected chi connectivity index (χ2v) is 13.5. The van der Waals surface area contributed by atoms with Gasteiger partial charge in [-0.1, -0.05) is 30.4 Å². The van der Waals surface area contributed by atoms with Crippen LogP contribution in [0.1, 0.15) is 19.8 Å². The molecule has 1 spiro atoms. The molecule has 10 heteroatoms. The molecule has 5 rings (SSSR count). The molecule has 1 N–H and O–H groups in total. The fourth-order valence-corrected chi connectivity index (χ4v) is 9.71. The molecular formula is C31H42N4O5S. The van der Waals surface area contributed by atoms with Crippen LogP contribution >= 0.6 is 11.8 Å². The summed E-state index contributed by atoms with van der Waals surface area (Å²) < 4.78 is 4.26. The van der Waals surface area contributed by atoms with Crippen molar-refractivity contribution in [2.24, 2.45) is 11.8 Å². The molecule has 2 unspecified atom stereocenters. The quantitative estimate of drug-likeness (QED) is 0.377. The molecule has 4 aliphatic rings. The predicted octanol–water partition coefficient (Wildman–Crippen LogP) is 2.03. The zero-order valence-corrected chi connectivity index (χ0v) is 24.8. The van der Waals surface area contributed by atoms with E-state index in [4.69, 9.17) is 4.74 Å². The number of fused-ring (bicyclic) bond motifs is 1. The average molecular weight is 583 g/mol. The molecule has 9 nitrogen and oxygen atoms in total. The molecule has 1 aromatic carbocycles. The first kappa shape index (κ1) is 29.8. The Morgan fingerprint density at radius 3 is 2.46 bits per heavy atom. The first-order chi connectivity index (χ1) is 19.8. The normalized spacial score (nSPS) is 30.7. The number of rotatable bonds is 12. The molecule has 0 aromatic heterocycles. The Hall–Kier alpha value is -2.66. The molecule has 4 heterocycles. The third-order valence-corrected chi connectivity index (χ3v) is 11.2. The maximum atomic E-state index is 14.4. The van der Waals surface area contributed by atoms with Gasteiger partial charge in [-0.15, -0.1) is 24.9 Å². The van der Waals surface area contributed by atoms with Crippen molar-refractivity contribution in [1.29, 1.82) is 0 Å². The number of nitrogens with zero attached hydrogens (tertiary/aromatic N) is 4. The Morgan fingerprint density at radius 2 is 1.80 bits per heavy atom. The summed E-state index contributed by atoms with van der Waals surface area (Å²) in [5.41, 5.74) is 0.758. The lowest BCUT2D eigenvalue weighted by Gasteiger charge is -2.38. The molecule has 0 saturated carbocycles. The third kappa shape index (κ3) is 5.24.